The Morgan fingerprint density at radius 2 is 1.58 bits per heavy atom. The molecule has 0 aliphatic heterocycles. The van der Waals surface area contributed by atoms with Crippen molar-refractivity contribution >= 4 is 34.9 Å². The Morgan fingerprint density at radius 3 is 2.29 bits per heavy atom. The maximum absolute atomic E-state index is 12.3. The predicted octanol–water partition coefficient (Wildman–Crippen LogP) is 3.87. The highest BCUT2D eigenvalue weighted by molar-refractivity contribution is 6.30. The van der Waals surface area contributed by atoms with E-state index < -0.39 is 11.9 Å². The van der Waals surface area contributed by atoms with E-state index in [2.05, 4.69) is 15.6 Å². The van der Waals surface area contributed by atoms with Gasteiger partial charge in [0.1, 0.15) is 0 Å². The summed E-state index contributed by atoms with van der Waals surface area (Å²) < 4.78 is 1.15. The summed E-state index contributed by atoms with van der Waals surface area (Å²) >= 11 is 5.81. The molecule has 0 atom stereocenters. The number of benzene rings is 2. The molecule has 0 saturated heterocycles. The van der Waals surface area contributed by atoms with E-state index in [-0.39, 0.29) is 5.82 Å². The lowest BCUT2D eigenvalue weighted by Crippen LogP contribution is -2.26. The molecule has 0 aliphatic rings. The van der Waals surface area contributed by atoms with Crippen molar-refractivity contribution in [3.63, 3.8) is 0 Å². The van der Waals surface area contributed by atoms with Gasteiger partial charge >= 0.3 is 6.03 Å². The number of anilines is 2. The number of nitrogens with one attached hydrogen (secondary N) is 2. The Labute approximate surface area is 143 Å². The first-order chi connectivity index (χ1) is 11.6. The van der Waals surface area contributed by atoms with E-state index in [4.69, 9.17) is 11.6 Å². The number of aromatic nitrogens is 2. The van der Waals surface area contributed by atoms with Crippen molar-refractivity contribution in [2.75, 3.05) is 10.6 Å². The van der Waals surface area contributed by atoms with Crippen LogP contribution in [-0.4, -0.2) is 21.5 Å². The van der Waals surface area contributed by atoms with E-state index in [1.807, 2.05) is 6.07 Å². The number of halogens is 1. The molecule has 6 nitrogen and oxygen atoms in total. The molecule has 0 bridgehead atoms. The topological polar surface area (TPSA) is 76.0 Å². The fourth-order valence-corrected chi connectivity index (χ4v) is 2.19. The molecule has 7 heteroatoms. The molecule has 1 aromatic heterocycles. The van der Waals surface area contributed by atoms with Crippen LogP contribution in [0.5, 0.6) is 0 Å². The second kappa shape index (κ2) is 6.97. The summed E-state index contributed by atoms with van der Waals surface area (Å²) in [6.07, 6.45) is 2.81. The first-order valence-electron chi connectivity index (χ1n) is 7.10. The Morgan fingerprint density at radius 1 is 0.917 bits per heavy atom. The minimum atomic E-state index is -0.493. The van der Waals surface area contributed by atoms with Crippen molar-refractivity contribution < 1.29 is 9.59 Å². The van der Waals surface area contributed by atoms with Crippen molar-refractivity contribution in [1.29, 1.82) is 0 Å². The molecule has 120 valence electrons. The van der Waals surface area contributed by atoms with Gasteiger partial charge in [0.25, 0.3) is 5.91 Å². The third-order valence-electron chi connectivity index (χ3n) is 3.19. The number of nitrogens with zero attached hydrogens (tertiary/aromatic N) is 2. The summed E-state index contributed by atoms with van der Waals surface area (Å²) in [4.78, 5) is 28.6. The van der Waals surface area contributed by atoms with E-state index in [0.29, 0.717) is 16.4 Å². The normalized spacial score (nSPS) is 10.2. The van der Waals surface area contributed by atoms with Crippen LogP contribution in [-0.2, 0) is 0 Å². The van der Waals surface area contributed by atoms with Gasteiger partial charge < -0.3 is 10.6 Å². The Balaban J connectivity index is 1.75. The Kier molecular flexibility index (Phi) is 4.58. The number of carbonyl (C=O) groups is 2. The molecular formula is C17H13ClN4O2. The van der Waals surface area contributed by atoms with Gasteiger partial charge in [0.15, 0.2) is 0 Å². The predicted molar refractivity (Wildman–Crippen MR) is 92.5 cm³/mol. The van der Waals surface area contributed by atoms with E-state index >= 15 is 0 Å². The van der Waals surface area contributed by atoms with Gasteiger partial charge in [-0.3, -0.25) is 4.79 Å². The third-order valence-corrected chi connectivity index (χ3v) is 3.44. The number of imidazole rings is 1. The summed E-state index contributed by atoms with van der Waals surface area (Å²) in [5, 5.41) is 5.94. The molecule has 3 aromatic rings. The lowest BCUT2D eigenvalue weighted by molar-refractivity contribution is 0.101. The fourth-order valence-electron chi connectivity index (χ4n) is 2.06. The number of carbonyl (C=O) groups excluding carboxylic acids is 2. The maximum Gasteiger partial charge on any atom is 0.331 e. The fraction of sp³-hybridized carbons (Fsp3) is 0. The second-order valence-electron chi connectivity index (χ2n) is 4.88. The molecule has 0 aliphatic carbocycles. The van der Waals surface area contributed by atoms with Crippen molar-refractivity contribution in [3.8, 4) is 0 Å². The Hall–Kier alpha value is -3.12. The zero-order valence-corrected chi connectivity index (χ0v) is 13.2. The molecule has 0 spiro atoms. The van der Waals surface area contributed by atoms with Crippen molar-refractivity contribution in [2.45, 2.75) is 0 Å². The molecule has 0 fully saturated rings. The molecule has 0 saturated carbocycles. The zero-order valence-electron chi connectivity index (χ0n) is 12.4. The summed E-state index contributed by atoms with van der Waals surface area (Å²) in [6.45, 7) is 0. The van der Waals surface area contributed by atoms with Gasteiger partial charge in [-0.1, -0.05) is 29.8 Å². The van der Waals surface area contributed by atoms with E-state index in [1.54, 1.807) is 48.5 Å². The van der Waals surface area contributed by atoms with Crippen LogP contribution >= 0.6 is 11.6 Å². The van der Waals surface area contributed by atoms with Crippen LogP contribution in [0.25, 0.3) is 0 Å². The molecule has 24 heavy (non-hydrogen) atoms. The van der Waals surface area contributed by atoms with E-state index in [0.717, 1.165) is 4.57 Å². The molecule has 3 rings (SSSR count). The van der Waals surface area contributed by atoms with Gasteiger partial charge in [-0.25, -0.2) is 14.3 Å². The number of hydrogen-bond acceptors (Lipinski definition) is 3. The number of para-hydroxylation sites is 1. The van der Waals surface area contributed by atoms with Crippen LogP contribution in [0.3, 0.4) is 0 Å². The summed E-state index contributed by atoms with van der Waals surface area (Å²) in [5.41, 5.74) is 1.18. The smallest absolute Gasteiger partial charge is 0.319 e. The SMILES string of the molecule is O=C(Nc1ccccc1)c1nccn1C(=O)Nc1ccc(Cl)cc1. The highest BCUT2D eigenvalue weighted by Crippen LogP contribution is 2.14. The lowest BCUT2D eigenvalue weighted by atomic mass is 10.3. The highest BCUT2D eigenvalue weighted by atomic mass is 35.5. The van der Waals surface area contributed by atoms with Gasteiger partial charge in [-0.05, 0) is 36.4 Å². The lowest BCUT2D eigenvalue weighted by Gasteiger charge is -2.09. The largest absolute Gasteiger partial charge is 0.331 e. The maximum atomic E-state index is 12.3. The van der Waals surface area contributed by atoms with Gasteiger partial charge in [0.05, 0.1) is 0 Å². The molecule has 0 radical (unpaired) electrons. The van der Waals surface area contributed by atoms with Crippen molar-refractivity contribution in [3.05, 3.63) is 77.8 Å². The number of rotatable bonds is 3. The summed E-state index contributed by atoms with van der Waals surface area (Å²) in [6, 6.07) is 15.1. The molecule has 2 aromatic carbocycles. The van der Waals surface area contributed by atoms with Crippen molar-refractivity contribution in [2.24, 2.45) is 0 Å². The Bertz CT molecular complexity index is 860. The number of hydrogen-bond donors (Lipinski definition) is 2. The van der Waals surface area contributed by atoms with E-state index in [1.165, 1.54) is 12.4 Å². The minimum absolute atomic E-state index is 0.00897. The molecular weight excluding hydrogens is 328 g/mol. The number of amides is 2. The standard InChI is InChI=1S/C17H13ClN4O2/c18-12-6-8-14(9-7-12)21-17(24)22-11-10-19-15(22)16(23)20-13-4-2-1-3-5-13/h1-11H,(H,20,23)(H,21,24). The average molecular weight is 341 g/mol. The third kappa shape index (κ3) is 3.61. The molecule has 2 amide bonds. The van der Waals surface area contributed by atoms with Crippen LogP contribution in [0.1, 0.15) is 10.6 Å². The molecule has 0 unspecified atom stereocenters. The summed E-state index contributed by atoms with van der Waals surface area (Å²) in [7, 11) is 0. The van der Waals surface area contributed by atoms with Crippen LogP contribution in [0.4, 0.5) is 16.2 Å². The van der Waals surface area contributed by atoms with Crippen LogP contribution < -0.4 is 10.6 Å². The monoisotopic (exact) mass is 340 g/mol. The van der Waals surface area contributed by atoms with Crippen molar-refractivity contribution in [1.82, 2.24) is 9.55 Å². The average Bonchev–Trinajstić information content (AvgIpc) is 3.08. The van der Waals surface area contributed by atoms with Gasteiger partial charge in [0, 0.05) is 28.8 Å². The second-order valence-corrected chi connectivity index (χ2v) is 5.31. The van der Waals surface area contributed by atoms with Crippen LogP contribution in [0.15, 0.2) is 67.0 Å². The molecule has 1 heterocycles. The quantitative estimate of drug-likeness (QED) is 0.760. The van der Waals surface area contributed by atoms with E-state index in [9.17, 15) is 9.59 Å². The van der Waals surface area contributed by atoms with Crippen LogP contribution in [0, 0.1) is 0 Å². The first kappa shape index (κ1) is 15.8. The van der Waals surface area contributed by atoms with Gasteiger partial charge in [-0.15, -0.1) is 0 Å². The van der Waals surface area contributed by atoms with Gasteiger partial charge in [0.2, 0.25) is 5.82 Å². The summed E-state index contributed by atoms with van der Waals surface area (Å²) in [5.74, 6) is -0.484. The zero-order chi connectivity index (χ0) is 16.9. The van der Waals surface area contributed by atoms with Gasteiger partial charge in [-0.2, -0.15) is 0 Å². The van der Waals surface area contributed by atoms with Crippen LogP contribution in [0.2, 0.25) is 5.02 Å². The molecule has 2 N–H and O–H groups in total. The minimum Gasteiger partial charge on any atom is -0.319 e. The first-order valence-corrected chi connectivity index (χ1v) is 7.48. The highest BCUT2D eigenvalue weighted by Gasteiger charge is 2.17.